The number of benzene rings is 1. The summed E-state index contributed by atoms with van der Waals surface area (Å²) in [6.45, 7) is 1.69. The van der Waals surface area contributed by atoms with Crippen molar-refractivity contribution in [3.05, 3.63) is 30.3 Å². The van der Waals surface area contributed by atoms with Gasteiger partial charge in [-0.15, -0.1) is 0 Å². The SMILES string of the molecule is CO/N=C/C(C)C(=O)Oc1ccccc1. The van der Waals surface area contributed by atoms with Crippen LogP contribution in [0.25, 0.3) is 0 Å². The van der Waals surface area contributed by atoms with Gasteiger partial charge in [-0.25, -0.2) is 0 Å². The molecule has 4 nitrogen and oxygen atoms in total. The Morgan fingerprint density at radius 1 is 1.40 bits per heavy atom. The number of nitrogens with zero attached hydrogens (tertiary/aromatic N) is 1. The lowest BCUT2D eigenvalue weighted by molar-refractivity contribution is -0.136. The number of hydrogen-bond acceptors (Lipinski definition) is 4. The van der Waals surface area contributed by atoms with Crippen LogP contribution in [0.2, 0.25) is 0 Å². The van der Waals surface area contributed by atoms with Crippen LogP contribution < -0.4 is 4.74 Å². The van der Waals surface area contributed by atoms with E-state index in [9.17, 15) is 4.79 Å². The number of para-hydroxylation sites is 1. The van der Waals surface area contributed by atoms with Gasteiger partial charge in [-0.3, -0.25) is 4.79 Å². The Balaban J connectivity index is 2.52. The highest BCUT2D eigenvalue weighted by Crippen LogP contribution is 2.10. The number of ether oxygens (including phenoxy) is 1. The summed E-state index contributed by atoms with van der Waals surface area (Å²) in [6, 6.07) is 8.90. The van der Waals surface area contributed by atoms with Crippen molar-refractivity contribution in [1.29, 1.82) is 0 Å². The molecule has 15 heavy (non-hydrogen) atoms. The molecule has 0 bridgehead atoms. The molecule has 1 aromatic rings. The van der Waals surface area contributed by atoms with Crippen LogP contribution in [-0.4, -0.2) is 19.3 Å². The van der Waals surface area contributed by atoms with Gasteiger partial charge in [0.15, 0.2) is 0 Å². The quantitative estimate of drug-likeness (QED) is 0.327. The van der Waals surface area contributed by atoms with Crippen LogP contribution in [0.15, 0.2) is 35.5 Å². The molecule has 0 heterocycles. The van der Waals surface area contributed by atoms with Crippen LogP contribution in [0.4, 0.5) is 0 Å². The van der Waals surface area contributed by atoms with Crippen molar-refractivity contribution in [3.8, 4) is 5.75 Å². The summed E-state index contributed by atoms with van der Waals surface area (Å²) in [5.41, 5.74) is 0. The van der Waals surface area contributed by atoms with E-state index in [-0.39, 0.29) is 5.97 Å². The third-order valence-corrected chi connectivity index (χ3v) is 1.72. The maximum atomic E-state index is 11.4. The van der Waals surface area contributed by atoms with Gasteiger partial charge in [0.05, 0.1) is 12.1 Å². The summed E-state index contributed by atoms with van der Waals surface area (Å²) in [5.74, 6) is -0.257. The third-order valence-electron chi connectivity index (χ3n) is 1.72. The summed E-state index contributed by atoms with van der Waals surface area (Å²) >= 11 is 0. The van der Waals surface area contributed by atoms with Crippen molar-refractivity contribution in [3.63, 3.8) is 0 Å². The number of oxime groups is 1. The van der Waals surface area contributed by atoms with Gasteiger partial charge in [0.25, 0.3) is 0 Å². The molecule has 0 saturated carbocycles. The molecule has 0 saturated heterocycles. The Hall–Kier alpha value is -1.84. The molecular weight excluding hydrogens is 194 g/mol. The fourth-order valence-electron chi connectivity index (χ4n) is 0.911. The first-order valence-electron chi connectivity index (χ1n) is 4.57. The Bertz CT molecular complexity index is 335. The van der Waals surface area contributed by atoms with Gasteiger partial charge in [-0.05, 0) is 19.1 Å². The zero-order valence-electron chi connectivity index (χ0n) is 8.71. The van der Waals surface area contributed by atoms with E-state index in [1.54, 1.807) is 31.2 Å². The number of esters is 1. The van der Waals surface area contributed by atoms with Gasteiger partial charge in [0, 0.05) is 0 Å². The summed E-state index contributed by atoms with van der Waals surface area (Å²) in [7, 11) is 1.42. The monoisotopic (exact) mass is 207 g/mol. The van der Waals surface area contributed by atoms with Crippen molar-refractivity contribution < 1.29 is 14.4 Å². The maximum Gasteiger partial charge on any atom is 0.319 e. The molecule has 0 aromatic heterocycles. The molecule has 0 aliphatic rings. The average molecular weight is 207 g/mol. The van der Waals surface area contributed by atoms with Crippen LogP contribution in [0.3, 0.4) is 0 Å². The van der Waals surface area contributed by atoms with Crippen molar-refractivity contribution >= 4 is 12.2 Å². The van der Waals surface area contributed by atoms with Crippen molar-refractivity contribution in [2.75, 3.05) is 7.11 Å². The molecule has 0 fully saturated rings. The third kappa shape index (κ3) is 3.81. The second-order valence-corrected chi connectivity index (χ2v) is 2.96. The molecule has 1 rings (SSSR count). The number of carbonyl (C=O) groups excluding carboxylic acids is 1. The maximum absolute atomic E-state index is 11.4. The Morgan fingerprint density at radius 3 is 2.67 bits per heavy atom. The summed E-state index contributed by atoms with van der Waals surface area (Å²) in [4.78, 5) is 15.9. The minimum atomic E-state index is -0.426. The van der Waals surface area contributed by atoms with E-state index < -0.39 is 5.92 Å². The topological polar surface area (TPSA) is 47.9 Å². The molecule has 1 aromatic carbocycles. The van der Waals surface area contributed by atoms with E-state index in [0.29, 0.717) is 5.75 Å². The van der Waals surface area contributed by atoms with Crippen LogP contribution in [0, 0.1) is 5.92 Å². The Kier molecular flexibility index (Phi) is 4.34. The molecule has 80 valence electrons. The van der Waals surface area contributed by atoms with E-state index in [2.05, 4.69) is 9.99 Å². The molecule has 1 atom stereocenters. The fraction of sp³-hybridized carbons (Fsp3) is 0.273. The van der Waals surface area contributed by atoms with E-state index in [4.69, 9.17) is 4.74 Å². The normalized spacial score (nSPS) is 12.4. The lowest BCUT2D eigenvalue weighted by Gasteiger charge is -2.05. The Morgan fingerprint density at radius 2 is 2.07 bits per heavy atom. The zero-order valence-corrected chi connectivity index (χ0v) is 8.71. The highest BCUT2D eigenvalue weighted by Gasteiger charge is 2.12. The van der Waals surface area contributed by atoms with Gasteiger partial charge >= 0.3 is 5.97 Å². The summed E-state index contributed by atoms with van der Waals surface area (Å²) in [6.07, 6.45) is 1.39. The van der Waals surface area contributed by atoms with Crippen molar-refractivity contribution in [2.45, 2.75) is 6.92 Å². The lowest BCUT2D eigenvalue weighted by atomic mass is 10.2. The number of rotatable bonds is 4. The molecule has 0 amide bonds. The van der Waals surface area contributed by atoms with Crippen molar-refractivity contribution in [2.24, 2.45) is 11.1 Å². The molecule has 0 aliphatic heterocycles. The summed E-state index contributed by atoms with van der Waals surface area (Å²) in [5, 5.41) is 3.51. The van der Waals surface area contributed by atoms with Crippen LogP contribution in [0.5, 0.6) is 5.75 Å². The van der Waals surface area contributed by atoms with E-state index in [1.807, 2.05) is 6.07 Å². The van der Waals surface area contributed by atoms with Crippen molar-refractivity contribution in [1.82, 2.24) is 0 Å². The van der Waals surface area contributed by atoms with Crippen LogP contribution in [-0.2, 0) is 9.63 Å². The number of hydrogen-bond donors (Lipinski definition) is 0. The average Bonchev–Trinajstić information content (AvgIpc) is 2.27. The highest BCUT2D eigenvalue weighted by atomic mass is 16.6. The molecule has 4 heteroatoms. The van der Waals surface area contributed by atoms with Crippen LogP contribution >= 0.6 is 0 Å². The standard InChI is InChI=1S/C11H13NO3/c1-9(8-12-14-2)11(13)15-10-6-4-3-5-7-10/h3-9H,1-2H3/b12-8+. The minimum absolute atomic E-state index is 0.359. The first-order valence-corrected chi connectivity index (χ1v) is 4.57. The second kappa shape index (κ2) is 5.80. The zero-order chi connectivity index (χ0) is 11.1. The predicted molar refractivity (Wildman–Crippen MR) is 56.7 cm³/mol. The van der Waals surface area contributed by atoms with Crippen LogP contribution in [0.1, 0.15) is 6.92 Å². The first-order chi connectivity index (χ1) is 7.24. The smallest absolute Gasteiger partial charge is 0.319 e. The highest BCUT2D eigenvalue weighted by molar-refractivity contribution is 5.90. The molecule has 0 radical (unpaired) electrons. The second-order valence-electron chi connectivity index (χ2n) is 2.96. The summed E-state index contributed by atoms with van der Waals surface area (Å²) < 4.78 is 5.09. The molecule has 1 unspecified atom stereocenters. The molecular formula is C11H13NO3. The first kappa shape index (κ1) is 11.2. The molecule has 0 N–H and O–H groups in total. The number of carbonyl (C=O) groups is 1. The van der Waals surface area contributed by atoms with E-state index in [0.717, 1.165) is 0 Å². The van der Waals surface area contributed by atoms with Gasteiger partial charge in [-0.2, -0.15) is 0 Å². The molecule has 0 aliphatic carbocycles. The minimum Gasteiger partial charge on any atom is -0.426 e. The van der Waals surface area contributed by atoms with Gasteiger partial charge in [0.1, 0.15) is 12.9 Å². The largest absolute Gasteiger partial charge is 0.426 e. The Labute approximate surface area is 88.5 Å². The predicted octanol–water partition coefficient (Wildman–Crippen LogP) is 1.86. The van der Waals surface area contributed by atoms with E-state index >= 15 is 0 Å². The van der Waals surface area contributed by atoms with Gasteiger partial charge in [-0.1, -0.05) is 23.4 Å². The lowest BCUT2D eigenvalue weighted by Crippen LogP contribution is -2.18. The van der Waals surface area contributed by atoms with E-state index in [1.165, 1.54) is 13.3 Å². The fourth-order valence-corrected chi connectivity index (χ4v) is 0.911. The molecule has 0 spiro atoms. The van der Waals surface area contributed by atoms with Gasteiger partial charge in [0.2, 0.25) is 0 Å². The van der Waals surface area contributed by atoms with Gasteiger partial charge < -0.3 is 9.57 Å².